The van der Waals surface area contributed by atoms with Crippen LogP contribution in [0.25, 0.3) is 22.6 Å². The first-order valence-corrected chi connectivity index (χ1v) is 34.7. The molecule has 4 aliphatic carbocycles. The summed E-state index contributed by atoms with van der Waals surface area (Å²) in [7, 11) is 0. The number of unbranched alkanes of at least 4 members (excludes halogenated alkanes) is 4. The van der Waals surface area contributed by atoms with Gasteiger partial charge < -0.3 is 57.7 Å². The van der Waals surface area contributed by atoms with Crippen molar-refractivity contribution in [3.05, 3.63) is 164 Å². The number of hydrogen-bond donors (Lipinski definition) is 4. The monoisotopic (exact) mass is 1370 g/mol. The van der Waals surface area contributed by atoms with Crippen LogP contribution in [0, 0.1) is 68.0 Å². The van der Waals surface area contributed by atoms with Crippen LogP contribution in [0.5, 0.6) is 11.5 Å². The molecule has 12 rings (SSSR count). The number of benzene rings is 2. The Morgan fingerprint density at radius 1 is 0.580 bits per heavy atom. The van der Waals surface area contributed by atoms with E-state index in [-0.39, 0.29) is 96.1 Å². The molecule has 2 aliphatic heterocycles. The zero-order valence-electron chi connectivity index (χ0n) is 57.8. The number of carbonyl (C=O) groups excluding carboxylic acids is 4. The van der Waals surface area contributed by atoms with Gasteiger partial charge in [0.05, 0.1) is 59.3 Å². The molecule has 0 amide bonds. The van der Waals surface area contributed by atoms with Crippen molar-refractivity contribution in [2.45, 2.75) is 193 Å². The van der Waals surface area contributed by atoms with Gasteiger partial charge in [-0.2, -0.15) is 10.5 Å². The second-order valence-corrected chi connectivity index (χ2v) is 29.3. The Bertz CT molecular complexity index is 4210. The first-order chi connectivity index (χ1) is 47.7. The topological polar surface area (TPSA) is 338 Å². The summed E-state index contributed by atoms with van der Waals surface area (Å²) in [5, 5.41) is 64.8. The second-order valence-electron chi connectivity index (χ2n) is 29.3. The molecule has 4 saturated carbocycles. The minimum absolute atomic E-state index is 0.0222. The molecule has 6 heterocycles. The van der Waals surface area contributed by atoms with Gasteiger partial charge in [0, 0.05) is 83.6 Å². The number of aromatic nitrogens is 2. The van der Waals surface area contributed by atoms with E-state index in [1.54, 1.807) is 82.0 Å². The molecule has 4 fully saturated rings. The summed E-state index contributed by atoms with van der Waals surface area (Å²) in [6, 6.07) is 26.2. The Kier molecular flexibility index (Phi) is 20.9. The lowest BCUT2D eigenvalue weighted by atomic mass is 9.42. The molecule has 0 radical (unpaired) electrons. The van der Waals surface area contributed by atoms with E-state index in [0.29, 0.717) is 60.8 Å². The third kappa shape index (κ3) is 13.2. The van der Waals surface area contributed by atoms with Crippen LogP contribution in [0.4, 0.5) is 0 Å². The predicted octanol–water partition coefficient (Wildman–Crippen LogP) is 11.8. The van der Waals surface area contributed by atoms with Crippen molar-refractivity contribution in [2.75, 3.05) is 13.2 Å². The highest BCUT2D eigenvalue weighted by atomic mass is 16.6. The van der Waals surface area contributed by atoms with Crippen LogP contribution in [0.3, 0.4) is 0 Å². The maximum atomic E-state index is 14.0. The summed E-state index contributed by atoms with van der Waals surface area (Å²) in [6.07, 6.45) is 7.76. The maximum Gasteiger partial charge on any atom is 0.345 e. The van der Waals surface area contributed by atoms with Gasteiger partial charge in [-0.05, 0) is 161 Å². The fourth-order valence-corrected chi connectivity index (χ4v) is 17.9. The lowest BCUT2D eigenvalue weighted by molar-refractivity contribution is -0.267. The molecule has 6 aromatic rings. The fourth-order valence-electron chi connectivity index (χ4n) is 17.9. The number of rotatable bonds is 18. The fraction of sp³-hybridized carbons (Fsp3) is 0.513. The van der Waals surface area contributed by atoms with E-state index in [1.807, 2.05) is 26.8 Å². The molecule has 4 aromatic heterocycles. The van der Waals surface area contributed by atoms with Gasteiger partial charge in [-0.1, -0.05) is 67.2 Å². The molecular weight excluding hydrogens is 1280 g/mol. The van der Waals surface area contributed by atoms with Crippen LogP contribution >= 0.6 is 0 Å². The zero-order chi connectivity index (χ0) is 71.7. The van der Waals surface area contributed by atoms with Crippen LogP contribution in [-0.2, 0) is 28.5 Å². The summed E-state index contributed by atoms with van der Waals surface area (Å²) in [4.78, 5) is 89.5. The SMILES string of the molecule is CCCCCC(=O)OC[C@@]1(C)C2C[C@H](OC(=O)c3ccc(C#N)cc3)[C@@]3(C)Oc4cc(-c5cccnc5)oc(=O)c4[C@H](O)C3[C@@]2(C)CC[C@@H]1OC(=O)CCCCC.C[C@]12CC[C@H](O)[C@@](C)(CO)C1C[C@H](OC(=O)c1ccc(C#N)cc1)[C@@]1(C)Oc3cc(-c4cccnc4)oc(=O)c3[C@H](O)C21. The lowest BCUT2D eigenvalue weighted by Gasteiger charge is -2.66. The summed E-state index contributed by atoms with van der Waals surface area (Å²) < 4.78 is 49.8. The molecule has 2 aromatic carbocycles. The van der Waals surface area contributed by atoms with E-state index < -0.39 is 116 Å². The van der Waals surface area contributed by atoms with Crippen LogP contribution in [0.1, 0.15) is 200 Å². The summed E-state index contributed by atoms with van der Waals surface area (Å²) in [5.41, 5.74) is -5.50. The number of hydrogen-bond acceptors (Lipinski definition) is 22. The van der Waals surface area contributed by atoms with Gasteiger partial charge in [0.15, 0.2) is 0 Å². The molecule has 6 aliphatic rings. The van der Waals surface area contributed by atoms with Crippen LogP contribution in [-0.4, -0.2) is 103 Å². The molecule has 528 valence electrons. The number of nitriles is 2. The second kappa shape index (κ2) is 28.9. The molecule has 0 saturated heterocycles. The molecular formula is C78H88N4O18. The minimum Gasteiger partial charge on any atom is -0.482 e. The molecule has 0 spiro atoms. The molecule has 100 heavy (non-hydrogen) atoms. The quantitative estimate of drug-likeness (QED) is 0.0353. The Labute approximate surface area is 580 Å². The van der Waals surface area contributed by atoms with E-state index in [0.717, 1.165) is 25.7 Å². The number of nitrogens with zero attached hydrogens (tertiary/aromatic N) is 4. The van der Waals surface area contributed by atoms with Crippen molar-refractivity contribution < 1.29 is 76.9 Å². The Morgan fingerprint density at radius 3 is 1.44 bits per heavy atom. The zero-order valence-corrected chi connectivity index (χ0v) is 57.8. The molecule has 4 unspecified atom stereocenters. The number of fused-ring (bicyclic) bond motifs is 8. The first kappa shape index (κ1) is 72.2. The maximum absolute atomic E-state index is 14.0. The van der Waals surface area contributed by atoms with Gasteiger partial charge in [0.2, 0.25) is 0 Å². The molecule has 0 bridgehead atoms. The van der Waals surface area contributed by atoms with Crippen LogP contribution in [0.15, 0.2) is 128 Å². The van der Waals surface area contributed by atoms with E-state index >= 15 is 0 Å². The van der Waals surface area contributed by atoms with E-state index in [4.69, 9.17) is 42.5 Å². The van der Waals surface area contributed by atoms with Crippen LogP contribution < -0.4 is 20.7 Å². The largest absolute Gasteiger partial charge is 0.482 e. The normalized spacial score (nSPS) is 31.2. The van der Waals surface area contributed by atoms with Gasteiger partial charge in [-0.15, -0.1) is 0 Å². The average molecular weight is 1370 g/mol. The number of aliphatic hydroxyl groups is 4. The number of aliphatic hydroxyl groups excluding tert-OH is 4. The van der Waals surface area contributed by atoms with Gasteiger partial charge in [0.1, 0.15) is 70.3 Å². The highest BCUT2D eigenvalue weighted by Gasteiger charge is 2.72. The smallest absolute Gasteiger partial charge is 0.345 e. The van der Waals surface area contributed by atoms with E-state index in [1.165, 1.54) is 48.5 Å². The van der Waals surface area contributed by atoms with Crippen molar-refractivity contribution in [3.63, 3.8) is 0 Å². The number of ether oxygens (including phenoxy) is 6. The summed E-state index contributed by atoms with van der Waals surface area (Å²) >= 11 is 0. The van der Waals surface area contributed by atoms with Crippen LogP contribution in [0.2, 0.25) is 0 Å². The van der Waals surface area contributed by atoms with Gasteiger partial charge in [-0.25, -0.2) is 19.2 Å². The van der Waals surface area contributed by atoms with Gasteiger partial charge >= 0.3 is 35.1 Å². The highest BCUT2D eigenvalue weighted by molar-refractivity contribution is 5.90. The standard InChI is InChI=1S/C45H54N2O10.C33H34N2O8/c1-6-8-10-14-36(48)53-27-44(4)33-24-35(56-41(51)29-18-16-28(25-46)17-19-29)45(5)40(43(33,3)21-20-34(44)55-37(49)15-11-9-7-2)39(50)38-32(57-45)23-31(54-42(38)52)30-13-12-22-47-26-30;1-31-11-10-24(37)32(2,17-36)23(31)14-25(42-29(39)19-8-6-18(15-34)7-9-19)33(3)28(31)27(38)26-22(43-33)13-21(41-30(26)40)20-5-4-12-35-16-20/h12-13,16-19,22-23,26,33-35,39-40,50H,6-11,14-15,20-21,24,27H2,1-5H3;4-9,12-13,16,23-25,27-28,36-38H,10-11,14,17H2,1-3H3/t33?,34-,35-,39-,40?,43-,44-,45+;23?,24-,25-,27-,28?,31-,32-,33+/m00/s1. The first-order valence-electron chi connectivity index (χ1n) is 34.7. The Hall–Kier alpha value is -9.06. The van der Waals surface area contributed by atoms with Crippen molar-refractivity contribution in [1.82, 2.24) is 9.97 Å². The highest BCUT2D eigenvalue weighted by Crippen LogP contribution is 2.69. The van der Waals surface area contributed by atoms with Crippen molar-refractivity contribution in [3.8, 4) is 46.3 Å². The number of pyridine rings is 2. The summed E-state index contributed by atoms with van der Waals surface area (Å²) in [5.74, 6) is -3.86. The molecule has 22 nitrogen and oxygen atoms in total. The third-order valence-electron chi connectivity index (χ3n) is 23.2. The van der Waals surface area contributed by atoms with E-state index in [9.17, 15) is 54.5 Å². The lowest BCUT2D eigenvalue weighted by Crippen LogP contribution is -2.71. The Balaban J connectivity index is 0.000000209. The molecule has 16 atom stereocenters. The van der Waals surface area contributed by atoms with Crippen molar-refractivity contribution >= 4 is 23.9 Å². The molecule has 22 heteroatoms. The van der Waals surface area contributed by atoms with Gasteiger partial charge in [0.25, 0.3) is 0 Å². The number of esters is 4. The van der Waals surface area contributed by atoms with Crippen molar-refractivity contribution in [2.24, 2.45) is 45.3 Å². The van der Waals surface area contributed by atoms with Crippen molar-refractivity contribution in [1.29, 1.82) is 10.5 Å². The van der Waals surface area contributed by atoms with E-state index in [2.05, 4.69) is 29.9 Å². The third-order valence-corrected chi connectivity index (χ3v) is 23.2. The van der Waals surface area contributed by atoms with Gasteiger partial charge in [-0.3, -0.25) is 19.6 Å². The number of carbonyl (C=O) groups is 4. The predicted molar refractivity (Wildman–Crippen MR) is 361 cm³/mol. The Morgan fingerprint density at radius 2 is 1.02 bits per heavy atom. The summed E-state index contributed by atoms with van der Waals surface area (Å²) in [6.45, 7) is 15.1. The average Bonchev–Trinajstić information content (AvgIpc) is 0.691. The molecule has 4 N–H and O–H groups in total. The minimum atomic E-state index is -1.42.